The fraction of sp³-hybridized carbons (Fsp3) is 0.278. The standard InChI is InChI=1S/C36H41N3O5S/c1-5-28(3)37-36(41)34(23-29-13-8-6-9-14-29)38(25-30-21-19-27(2)20-22-30)35(40)26-39(31-15-12-16-32(24-31)44-4)45(42,43)33-17-10-7-11-18-33/h6-22,24,28,34H,5,23,25-26H2,1-4H3,(H,37,41). The monoisotopic (exact) mass is 627 g/mol. The summed E-state index contributed by atoms with van der Waals surface area (Å²) in [4.78, 5) is 30.0. The first-order valence-electron chi connectivity index (χ1n) is 15.0. The molecule has 4 aromatic carbocycles. The van der Waals surface area contributed by atoms with Gasteiger partial charge in [-0.25, -0.2) is 8.42 Å². The number of amides is 2. The van der Waals surface area contributed by atoms with Crippen LogP contribution in [0.4, 0.5) is 5.69 Å². The molecule has 0 aliphatic heterocycles. The highest BCUT2D eigenvalue weighted by Gasteiger charge is 2.35. The summed E-state index contributed by atoms with van der Waals surface area (Å²) < 4.78 is 34.7. The number of methoxy groups -OCH3 is 1. The molecule has 2 amide bonds. The van der Waals surface area contributed by atoms with E-state index in [2.05, 4.69) is 5.32 Å². The molecule has 0 aliphatic carbocycles. The smallest absolute Gasteiger partial charge is 0.264 e. The van der Waals surface area contributed by atoms with Gasteiger partial charge in [0.15, 0.2) is 0 Å². The number of aryl methyl sites for hydroxylation is 1. The number of hydrogen-bond donors (Lipinski definition) is 1. The normalized spacial score (nSPS) is 12.5. The molecule has 0 spiro atoms. The van der Waals surface area contributed by atoms with Gasteiger partial charge in [-0.05, 0) is 55.7 Å². The number of carbonyl (C=O) groups excluding carboxylic acids is 2. The van der Waals surface area contributed by atoms with E-state index in [-0.39, 0.29) is 35.5 Å². The number of carbonyl (C=O) groups is 2. The van der Waals surface area contributed by atoms with Gasteiger partial charge in [0.25, 0.3) is 10.0 Å². The summed E-state index contributed by atoms with van der Waals surface area (Å²) in [5.74, 6) is -0.370. The van der Waals surface area contributed by atoms with Gasteiger partial charge in [0, 0.05) is 25.1 Å². The topological polar surface area (TPSA) is 96.0 Å². The van der Waals surface area contributed by atoms with Crippen LogP contribution in [0.15, 0.2) is 114 Å². The van der Waals surface area contributed by atoms with Crippen LogP contribution in [0.25, 0.3) is 0 Å². The maximum Gasteiger partial charge on any atom is 0.264 e. The van der Waals surface area contributed by atoms with Crippen molar-refractivity contribution in [3.63, 3.8) is 0 Å². The molecule has 2 unspecified atom stereocenters. The van der Waals surface area contributed by atoms with Crippen LogP contribution in [0.1, 0.15) is 37.0 Å². The Bertz CT molecular complexity index is 1660. The largest absolute Gasteiger partial charge is 0.497 e. The van der Waals surface area contributed by atoms with Gasteiger partial charge in [-0.15, -0.1) is 0 Å². The summed E-state index contributed by atoms with van der Waals surface area (Å²) in [6, 6.07) is 30.8. The van der Waals surface area contributed by atoms with Gasteiger partial charge in [0.05, 0.1) is 17.7 Å². The third-order valence-electron chi connectivity index (χ3n) is 7.70. The van der Waals surface area contributed by atoms with E-state index in [0.29, 0.717) is 12.2 Å². The average molecular weight is 628 g/mol. The van der Waals surface area contributed by atoms with Crippen LogP contribution < -0.4 is 14.4 Å². The Morgan fingerprint density at radius 2 is 1.49 bits per heavy atom. The first-order chi connectivity index (χ1) is 21.6. The summed E-state index contributed by atoms with van der Waals surface area (Å²) in [7, 11) is -2.69. The van der Waals surface area contributed by atoms with E-state index in [1.165, 1.54) is 24.1 Å². The number of rotatable bonds is 14. The van der Waals surface area contributed by atoms with Crippen molar-refractivity contribution in [2.24, 2.45) is 0 Å². The van der Waals surface area contributed by atoms with Crippen LogP contribution in [0, 0.1) is 6.92 Å². The Morgan fingerprint density at radius 3 is 2.11 bits per heavy atom. The molecule has 0 radical (unpaired) electrons. The van der Waals surface area contributed by atoms with E-state index in [1.54, 1.807) is 42.5 Å². The third kappa shape index (κ3) is 8.73. The Hall–Kier alpha value is -4.63. The van der Waals surface area contributed by atoms with Gasteiger partial charge >= 0.3 is 0 Å². The van der Waals surface area contributed by atoms with Crippen LogP contribution in [0.2, 0.25) is 0 Å². The summed E-state index contributed by atoms with van der Waals surface area (Å²) in [5.41, 5.74) is 3.03. The zero-order chi connectivity index (χ0) is 32.4. The number of anilines is 1. The quantitative estimate of drug-likeness (QED) is 0.192. The van der Waals surface area contributed by atoms with Crippen molar-refractivity contribution in [2.45, 2.75) is 57.1 Å². The molecule has 1 N–H and O–H groups in total. The molecule has 0 bridgehead atoms. The number of ether oxygens (including phenoxy) is 1. The minimum absolute atomic E-state index is 0.0426. The molecule has 4 rings (SSSR count). The highest BCUT2D eigenvalue weighted by molar-refractivity contribution is 7.92. The van der Waals surface area contributed by atoms with Crippen molar-refractivity contribution in [3.8, 4) is 5.75 Å². The minimum Gasteiger partial charge on any atom is -0.497 e. The van der Waals surface area contributed by atoms with Crippen molar-refractivity contribution in [2.75, 3.05) is 18.0 Å². The number of nitrogens with one attached hydrogen (secondary N) is 1. The van der Waals surface area contributed by atoms with E-state index in [1.807, 2.05) is 75.4 Å². The second kappa shape index (κ2) is 15.4. The van der Waals surface area contributed by atoms with Crippen molar-refractivity contribution in [3.05, 3.63) is 126 Å². The second-order valence-corrected chi connectivity index (χ2v) is 12.9. The molecular formula is C36H41N3O5S. The summed E-state index contributed by atoms with van der Waals surface area (Å²) in [6.07, 6.45) is 0.972. The Balaban J connectivity index is 1.81. The van der Waals surface area contributed by atoms with Crippen LogP contribution >= 0.6 is 0 Å². The van der Waals surface area contributed by atoms with Crippen molar-refractivity contribution < 1.29 is 22.7 Å². The van der Waals surface area contributed by atoms with E-state index < -0.39 is 28.5 Å². The molecule has 2 atom stereocenters. The van der Waals surface area contributed by atoms with E-state index in [4.69, 9.17) is 4.74 Å². The molecule has 0 saturated carbocycles. The number of nitrogens with zero attached hydrogens (tertiary/aromatic N) is 2. The van der Waals surface area contributed by atoms with Crippen LogP contribution in [-0.2, 0) is 32.6 Å². The lowest BCUT2D eigenvalue weighted by Gasteiger charge is -2.34. The maximum absolute atomic E-state index is 14.5. The van der Waals surface area contributed by atoms with Gasteiger partial charge in [-0.1, -0.05) is 91.3 Å². The summed E-state index contributed by atoms with van der Waals surface area (Å²) in [6.45, 7) is 5.46. The lowest BCUT2D eigenvalue weighted by Crippen LogP contribution is -2.54. The lowest BCUT2D eigenvalue weighted by molar-refractivity contribution is -0.140. The van der Waals surface area contributed by atoms with Gasteiger partial charge in [-0.2, -0.15) is 0 Å². The molecule has 45 heavy (non-hydrogen) atoms. The third-order valence-corrected chi connectivity index (χ3v) is 9.49. The van der Waals surface area contributed by atoms with Crippen molar-refractivity contribution in [1.29, 1.82) is 0 Å². The first kappa shape index (κ1) is 33.3. The molecule has 0 fully saturated rings. The Labute approximate surface area is 266 Å². The Morgan fingerprint density at radius 1 is 0.844 bits per heavy atom. The second-order valence-electron chi connectivity index (χ2n) is 11.1. The number of sulfonamides is 1. The van der Waals surface area contributed by atoms with Gasteiger partial charge in [-0.3, -0.25) is 13.9 Å². The molecule has 9 heteroatoms. The highest BCUT2D eigenvalue weighted by atomic mass is 32.2. The predicted molar refractivity (Wildman–Crippen MR) is 178 cm³/mol. The number of hydrogen-bond acceptors (Lipinski definition) is 5. The van der Waals surface area contributed by atoms with Gasteiger partial charge < -0.3 is 15.0 Å². The fourth-order valence-corrected chi connectivity index (χ4v) is 6.33. The molecule has 8 nitrogen and oxygen atoms in total. The molecule has 0 aliphatic rings. The van der Waals surface area contributed by atoms with Crippen LogP contribution in [0.5, 0.6) is 5.75 Å². The SMILES string of the molecule is CCC(C)NC(=O)C(Cc1ccccc1)N(Cc1ccc(C)cc1)C(=O)CN(c1cccc(OC)c1)S(=O)(=O)c1ccccc1. The molecule has 4 aromatic rings. The number of benzene rings is 4. The van der Waals surface area contributed by atoms with E-state index in [9.17, 15) is 18.0 Å². The van der Waals surface area contributed by atoms with E-state index in [0.717, 1.165) is 21.0 Å². The molecule has 0 saturated heterocycles. The van der Waals surface area contributed by atoms with Gasteiger partial charge in [0.2, 0.25) is 11.8 Å². The van der Waals surface area contributed by atoms with E-state index >= 15 is 0 Å². The van der Waals surface area contributed by atoms with Crippen LogP contribution in [0.3, 0.4) is 0 Å². The fourth-order valence-electron chi connectivity index (χ4n) is 4.90. The molecule has 0 aromatic heterocycles. The summed E-state index contributed by atoms with van der Waals surface area (Å²) >= 11 is 0. The predicted octanol–water partition coefficient (Wildman–Crippen LogP) is 5.75. The first-order valence-corrected chi connectivity index (χ1v) is 16.5. The average Bonchev–Trinajstić information content (AvgIpc) is 3.06. The molecular weight excluding hydrogens is 586 g/mol. The highest BCUT2D eigenvalue weighted by Crippen LogP contribution is 2.28. The summed E-state index contributed by atoms with van der Waals surface area (Å²) in [5, 5.41) is 3.06. The zero-order valence-electron chi connectivity index (χ0n) is 26.2. The minimum atomic E-state index is -4.18. The molecule has 236 valence electrons. The van der Waals surface area contributed by atoms with Crippen molar-refractivity contribution >= 4 is 27.5 Å². The lowest BCUT2D eigenvalue weighted by atomic mass is 10.0. The van der Waals surface area contributed by atoms with Crippen LogP contribution in [-0.4, -0.2) is 50.9 Å². The zero-order valence-corrected chi connectivity index (χ0v) is 27.0. The van der Waals surface area contributed by atoms with Gasteiger partial charge in [0.1, 0.15) is 18.3 Å². The molecule has 0 heterocycles. The van der Waals surface area contributed by atoms with Crippen molar-refractivity contribution in [1.82, 2.24) is 10.2 Å². The Kier molecular flexibility index (Phi) is 11.4. The maximum atomic E-state index is 14.5.